The molecule has 1 aliphatic rings. The molecule has 1 aliphatic carbocycles. The maximum Gasteiger partial charge on any atom is 0.205 e. The maximum atomic E-state index is 6.68. The third kappa shape index (κ3) is 4.87. The fourth-order valence-corrected chi connectivity index (χ4v) is 4.46. The zero-order valence-corrected chi connectivity index (χ0v) is 19.9. The van der Waals surface area contributed by atoms with Gasteiger partial charge in [-0.2, -0.15) is 5.21 Å². The molecule has 0 aliphatic heterocycles. The molecule has 170 valence electrons. The normalized spacial score (nSPS) is 12.7. The van der Waals surface area contributed by atoms with Crippen LogP contribution < -0.4 is 4.74 Å². The largest absolute Gasteiger partial charge is 0.488 e. The Morgan fingerprint density at radius 2 is 1.85 bits per heavy atom. The lowest BCUT2D eigenvalue weighted by Gasteiger charge is -2.20. The molecule has 2 aromatic heterocycles. The SMILES string of the molecule is CCc1cc(OCc2ccc(-c3ccccc3-c3nn[nH]n3)cc2Cl)c2c(n1)CCCC2.Cl. The predicted molar refractivity (Wildman–Crippen MR) is 132 cm³/mol. The Kier molecular flexibility index (Phi) is 7.26. The van der Waals surface area contributed by atoms with Crippen LogP contribution in [0.1, 0.15) is 42.3 Å². The number of hydrogen-bond acceptors (Lipinski definition) is 5. The average molecular weight is 482 g/mol. The van der Waals surface area contributed by atoms with Crippen LogP contribution in [-0.4, -0.2) is 25.6 Å². The second-order valence-electron chi connectivity index (χ2n) is 7.97. The van der Waals surface area contributed by atoms with Crippen molar-refractivity contribution in [1.29, 1.82) is 0 Å². The number of ether oxygens (including phenoxy) is 1. The van der Waals surface area contributed by atoms with Crippen LogP contribution in [0, 0.1) is 0 Å². The number of hydrogen-bond donors (Lipinski definition) is 1. The first kappa shape index (κ1) is 23.2. The van der Waals surface area contributed by atoms with E-state index < -0.39 is 0 Å². The second-order valence-corrected chi connectivity index (χ2v) is 8.38. The lowest BCUT2D eigenvalue weighted by Crippen LogP contribution is -2.10. The molecule has 0 saturated carbocycles. The van der Waals surface area contributed by atoms with Crippen LogP contribution in [-0.2, 0) is 25.9 Å². The molecule has 0 amide bonds. The van der Waals surface area contributed by atoms with E-state index in [4.69, 9.17) is 21.3 Å². The Bertz CT molecular complexity index is 1240. The highest BCUT2D eigenvalue weighted by Crippen LogP contribution is 2.34. The van der Waals surface area contributed by atoms with E-state index in [0.717, 1.165) is 53.0 Å². The summed E-state index contributed by atoms with van der Waals surface area (Å²) in [6.45, 7) is 2.55. The number of rotatable bonds is 6. The molecule has 0 spiro atoms. The number of fused-ring (bicyclic) bond motifs is 1. The minimum absolute atomic E-state index is 0. The molecule has 0 radical (unpaired) electrons. The van der Waals surface area contributed by atoms with Crippen LogP contribution in [0.4, 0.5) is 0 Å². The summed E-state index contributed by atoms with van der Waals surface area (Å²) in [6.07, 6.45) is 5.35. The number of aryl methyl sites for hydroxylation is 2. The van der Waals surface area contributed by atoms with Crippen molar-refractivity contribution in [3.63, 3.8) is 0 Å². The molecule has 2 heterocycles. The Labute approximate surface area is 204 Å². The average Bonchev–Trinajstić information content (AvgIpc) is 3.38. The van der Waals surface area contributed by atoms with Gasteiger partial charge in [-0.1, -0.05) is 54.9 Å². The number of halogens is 2. The van der Waals surface area contributed by atoms with E-state index in [1.807, 2.05) is 36.4 Å². The molecule has 0 fully saturated rings. The van der Waals surface area contributed by atoms with Crippen LogP contribution in [0.5, 0.6) is 5.75 Å². The van der Waals surface area contributed by atoms with Crippen molar-refractivity contribution >= 4 is 24.0 Å². The first-order valence-corrected chi connectivity index (χ1v) is 11.4. The van der Waals surface area contributed by atoms with Crippen LogP contribution in [0.25, 0.3) is 22.5 Å². The summed E-state index contributed by atoms with van der Waals surface area (Å²) in [6, 6.07) is 16.1. The maximum absolute atomic E-state index is 6.68. The summed E-state index contributed by atoms with van der Waals surface area (Å²) >= 11 is 6.68. The fraction of sp³-hybridized carbons (Fsp3) is 0.280. The number of benzene rings is 2. The highest BCUT2D eigenvalue weighted by molar-refractivity contribution is 6.31. The topological polar surface area (TPSA) is 76.6 Å². The van der Waals surface area contributed by atoms with E-state index in [1.54, 1.807) is 0 Å². The number of H-pyrrole nitrogens is 1. The van der Waals surface area contributed by atoms with Crippen LogP contribution in [0.3, 0.4) is 0 Å². The smallest absolute Gasteiger partial charge is 0.205 e. The molecule has 0 saturated heterocycles. The molecule has 2 aromatic carbocycles. The van der Waals surface area contributed by atoms with E-state index in [9.17, 15) is 0 Å². The van der Waals surface area contributed by atoms with Gasteiger partial charge in [0.15, 0.2) is 0 Å². The molecular weight excluding hydrogens is 457 g/mol. The van der Waals surface area contributed by atoms with Gasteiger partial charge in [0, 0.05) is 39.2 Å². The lowest BCUT2D eigenvalue weighted by molar-refractivity contribution is 0.300. The number of aromatic nitrogens is 5. The van der Waals surface area contributed by atoms with Crippen LogP contribution in [0.2, 0.25) is 5.02 Å². The molecule has 0 atom stereocenters. The Balaban J connectivity index is 0.00000259. The quantitative estimate of drug-likeness (QED) is 0.364. The van der Waals surface area contributed by atoms with Gasteiger partial charge in [0.05, 0.1) is 0 Å². The van der Waals surface area contributed by atoms with Gasteiger partial charge in [-0.05, 0) is 54.5 Å². The van der Waals surface area contributed by atoms with Gasteiger partial charge in [0.25, 0.3) is 0 Å². The van der Waals surface area contributed by atoms with Crippen molar-refractivity contribution in [2.75, 3.05) is 0 Å². The van der Waals surface area contributed by atoms with Crippen LogP contribution >= 0.6 is 24.0 Å². The van der Waals surface area contributed by atoms with Crippen molar-refractivity contribution < 1.29 is 4.74 Å². The molecule has 33 heavy (non-hydrogen) atoms. The molecule has 0 bridgehead atoms. The fourth-order valence-electron chi connectivity index (χ4n) is 4.23. The minimum Gasteiger partial charge on any atom is -0.488 e. The molecule has 4 aromatic rings. The third-order valence-electron chi connectivity index (χ3n) is 5.94. The van der Waals surface area contributed by atoms with Gasteiger partial charge in [-0.15, -0.1) is 22.6 Å². The van der Waals surface area contributed by atoms with Crippen molar-refractivity contribution in [2.45, 2.75) is 45.6 Å². The molecule has 8 heteroatoms. The summed E-state index contributed by atoms with van der Waals surface area (Å²) in [7, 11) is 0. The second kappa shape index (κ2) is 10.3. The molecule has 1 N–H and O–H groups in total. The molecule has 5 rings (SSSR count). The summed E-state index contributed by atoms with van der Waals surface area (Å²) < 4.78 is 6.29. The van der Waals surface area contributed by atoms with Crippen LogP contribution in [0.15, 0.2) is 48.5 Å². The lowest BCUT2D eigenvalue weighted by atomic mass is 9.94. The van der Waals surface area contributed by atoms with Crippen molar-refractivity contribution in [1.82, 2.24) is 25.6 Å². The summed E-state index contributed by atoms with van der Waals surface area (Å²) in [5, 5.41) is 15.1. The summed E-state index contributed by atoms with van der Waals surface area (Å²) in [4.78, 5) is 4.82. The van der Waals surface area contributed by atoms with Gasteiger partial charge < -0.3 is 4.74 Å². The van der Waals surface area contributed by atoms with E-state index >= 15 is 0 Å². The van der Waals surface area contributed by atoms with Gasteiger partial charge in [-0.3, -0.25) is 4.98 Å². The zero-order valence-electron chi connectivity index (χ0n) is 18.3. The van der Waals surface area contributed by atoms with Gasteiger partial charge >= 0.3 is 0 Å². The van der Waals surface area contributed by atoms with Crippen molar-refractivity contribution in [2.24, 2.45) is 0 Å². The minimum atomic E-state index is 0. The standard InChI is InChI=1S/C25H24ClN5O.ClH/c1-2-18-14-24(21-9-5-6-10-23(21)27-18)32-15-17-12-11-16(13-22(17)26)19-7-3-4-8-20(19)25-28-30-31-29-25;/h3-4,7-8,11-14H,2,5-6,9-10,15H2,1H3,(H,28,29,30,31);1H. The van der Waals surface area contributed by atoms with E-state index in [1.165, 1.54) is 24.1 Å². The number of nitrogens with one attached hydrogen (secondary N) is 1. The number of pyridine rings is 1. The van der Waals surface area contributed by atoms with Gasteiger partial charge in [-0.25, -0.2) is 0 Å². The van der Waals surface area contributed by atoms with Gasteiger partial charge in [0.2, 0.25) is 5.82 Å². The van der Waals surface area contributed by atoms with E-state index in [-0.39, 0.29) is 12.4 Å². The highest BCUT2D eigenvalue weighted by atomic mass is 35.5. The van der Waals surface area contributed by atoms with Crippen molar-refractivity contribution in [3.8, 4) is 28.3 Å². The number of tetrazole rings is 1. The Morgan fingerprint density at radius 3 is 2.61 bits per heavy atom. The summed E-state index contributed by atoms with van der Waals surface area (Å²) in [5.41, 5.74) is 7.39. The highest BCUT2D eigenvalue weighted by Gasteiger charge is 2.18. The predicted octanol–water partition coefficient (Wildman–Crippen LogP) is 6.02. The van der Waals surface area contributed by atoms with E-state index in [0.29, 0.717) is 17.5 Å². The zero-order chi connectivity index (χ0) is 21.9. The number of aromatic amines is 1. The number of nitrogens with zero attached hydrogens (tertiary/aromatic N) is 4. The monoisotopic (exact) mass is 481 g/mol. The van der Waals surface area contributed by atoms with Crippen molar-refractivity contribution in [3.05, 3.63) is 76.1 Å². The first-order valence-electron chi connectivity index (χ1n) is 11.0. The van der Waals surface area contributed by atoms with E-state index in [2.05, 4.69) is 39.7 Å². The third-order valence-corrected chi connectivity index (χ3v) is 6.29. The molecule has 0 unspecified atom stereocenters. The first-order chi connectivity index (χ1) is 15.7. The Hall–Kier alpha value is -2.96. The molecule has 6 nitrogen and oxygen atoms in total. The van der Waals surface area contributed by atoms with Gasteiger partial charge in [0.1, 0.15) is 12.4 Å². The Morgan fingerprint density at radius 1 is 1.03 bits per heavy atom. The summed E-state index contributed by atoms with van der Waals surface area (Å²) in [5.74, 6) is 1.51. The molecular formula is C25H25Cl2N5O.